The molecule has 0 aliphatic carbocycles. The van der Waals surface area contributed by atoms with E-state index >= 15 is 0 Å². The molecular weight excluding hydrogens is 162 g/mol. The van der Waals surface area contributed by atoms with Crippen LogP contribution in [0.4, 0.5) is 0 Å². The zero-order valence-electron chi connectivity index (χ0n) is 6.86. The van der Waals surface area contributed by atoms with Crippen LogP contribution in [0.1, 0.15) is 11.3 Å². The molecule has 0 fully saturated rings. The van der Waals surface area contributed by atoms with Crippen LogP contribution in [-0.4, -0.2) is 4.57 Å². The number of terminal acetylenes is 1. The first-order valence-electron chi connectivity index (χ1n) is 3.58. The average Bonchev–Trinajstić information content (AvgIpc) is 2.49. The van der Waals surface area contributed by atoms with Gasteiger partial charge in [0.2, 0.25) is 0 Å². The number of aromatic nitrogens is 1. The van der Waals surface area contributed by atoms with Gasteiger partial charge in [-0.25, -0.2) is 0 Å². The van der Waals surface area contributed by atoms with Gasteiger partial charge in [0, 0.05) is 6.20 Å². The highest BCUT2D eigenvalue weighted by molar-refractivity contribution is 5.36. The van der Waals surface area contributed by atoms with Crippen LogP contribution >= 0.6 is 0 Å². The van der Waals surface area contributed by atoms with Crippen LogP contribution in [0, 0.1) is 41.4 Å². The van der Waals surface area contributed by atoms with Crippen molar-refractivity contribution in [3.8, 4) is 24.5 Å². The van der Waals surface area contributed by atoms with E-state index in [-0.39, 0.29) is 0 Å². The summed E-state index contributed by atoms with van der Waals surface area (Å²) >= 11 is 0. The fourth-order valence-electron chi connectivity index (χ4n) is 1.01. The molecule has 13 heavy (non-hydrogen) atoms. The Morgan fingerprint density at radius 1 is 1.54 bits per heavy atom. The summed E-state index contributed by atoms with van der Waals surface area (Å²) in [6.45, 7) is 0.349. The third-order valence-corrected chi connectivity index (χ3v) is 1.53. The molecule has 61 valence electrons. The van der Waals surface area contributed by atoms with Gasteiger partial charge < -0.3 is 4.57 Å². The molecule has 0 N–H and O–H groups in total. The van der Waals surface area contributed by atoms with Crippen LogP contribution in [-0.2, 0) is 6.54 Å². The topological polar surface area (TPSA) is 52.5 Å². The summed E-state index contributed by atoms with van der Waals surface area (Å²) in [5, 5.41) is 17.1. The van der Waals surface area contributed by atoms with Crippen molar-refractivity contribution in [3.05, 3.63) is 29.9 Å². The Bertz CT molecular complexity index is 420. The first-order chi connectivity index (χ1) is 6.31. The molecule has 0 saturated heterocycles. The van der Waals surface area contributed by atoms with E-state index in [1.54, 1.807) is 16.8 Å². The lowest BCUT2D eigenvalue weighted by Crippen LogP contribution is -1.95. The van der Waals surface area contributed by atoms with Gasteiger partial charge in [-0.2, -0.15) is 10.5 Å². The SMILES string of the molecule is C#CCn1cc([CH]C#N)cc1C#N. The summed E-state index contributed by atoms with van der Waals surface area (Å²) in [4.78, 5) is 0. The minimum atomic E-state index is 0.349. The van der Waals surface area contributed by atoms with Crippen molar-refractivity contribution in [1.29, 1.82) is 10.5 Å². The van der Waals surface area contributed by atoms with Gasteiger partial charge in [-0.1, -0.05) is 5.92 Å². The number of hydrogen-bond donors (Lipinski definition) is 0. The number of rotatable bonds is 2. The Kier molecular flexibility index (Phi) is 2.74. The van der Waals surface area contributed by atoms with Crippen LogP contribution in [0.15, 0.2) is 12.3 Å². The molecule has 1 aromatic heterocycles. The van der Waals surface area contributed by atoms with Gasteiger partial charge in [0.15, 0.2) is 0 Å². The molecule has 1 aromatic rings. The van der Waals surface area contributed by atoms with Crippen LogP contribution in [0.25, 0.3) is 0 Å². The van der Waals surface area contributed by atoms with Crippen molar-refractivity contribution in [3.63, 3.8) is 0 Å². The summed E-state index contributed by atoms with van der Waals surface area (Å²) in [5.74, 6) is 2.43. The first kappa shape index (κ1) is 8.91. The van der Waals surface area contributed by atoms with E-state index in [4.69, 9.17) is 16.9 Å². The van der Waals surface area contributed by atoms with Crippen molar-refractivity contribution in [2.24, 2.45) is 0 Å². The van der Waals surface area contributed by atoms with Crippen LogP contribution < -0.4 is 0 Å². The summed E-state index contributed by atoms with van der Waals surface area (Å²) in [5.41, 5.74) is 1.17. The lowest BCUT2D eigenvalue weighted by Gasteiger charge is -1.95. The molecule has 0 aliphatic heterocycles. The number of nitriles is 2. The second-order valence-electron chi connectivity index (χ2n) is 2.38. The second kappa shape index (κ2) is 4.00. The van der Waals surface area contributed by atoms with E-state index in [9.17, 15) is 0 Å². The quantitative estimate of drug-likeness (QED) is 0.620. The van der Waals surface area contributed by atoms with Crippen molar-refractivity contribution in [1.82, 2.24) is 4.57 Å². The fraction of sp³-hybridized carbons (Fsp3) is 0.100. The monoisotopic (exact) mass is 168 g/mol. The standard InChI is InChI=1S/C10H6N3/c1-2-5-13-8-9(3-4-11)6-10(13)7-12/h1,3,6,8H,5H2. The lowest BCUT2D eigenvalue weighted by molar-refractivity contribution is 0.835. The molecule has 3 heteroatoms. The first-order valence-corrected chi connectivity index (χ1v) is 3.58. The molecule has 3 nitrogen and oxygen atoms in total. The van der Waals surface area contributed by atoms with Crippen molar-refractivity contribution in [2.75, 3.05) is 0 Å². The maximum Gasteiger partial charge on any atom is 0.121 e. The fourth-order valence-corrected chi connectivity index (χ4v) is 1.01. The molecule has 0 bridgehead atoms. The Balaban J connectivity index is 3.02. The van der Waals surface area contributed by atoms with Crippen molar-refractivity contribution >= 4 is 0 Å². The Morgan fingerprint density at radius 3 is 2.85 bits per heavy atom. The summed E-state index contributed by atoms with van der Waals surface area (Å²) in [7, 11) is 0. The van der Waals surface area contributed by atoms with Gasteiger partial charge in [0.25, 0.3) is 0 Å². The summed E-state index contributed by atoms with van der Waals surface area (Å²) in [6, 6.07) is 5.51. The van der Waals surface area contributed by atoms with E-state index in [2.05, 4.69) is 5.92 Å². The van der Waals surface area contributed by atoms with Crippen LogP contribution in [0.5, 0.6) is 0 Å². The smallest absolute Gasteiger partial charge is 0.121 e. The predicted molar refractivity (Wildman–Crippen MR) is 47.0 cm³/mol. The number of nitrogens with zero attached hydrogens (tertiary/aromatic N) is 3. The highest BCUT2D eigenvalue weighted by Gasteiger charge is 2.03. The van der Waals surface area contributed by atoms with Crippen molar-refractivity contribution < 1.29 is 0 Å². The predicted octanol–water partition coefficient (Wildman–Crippen LogP) is 1.07. The third kappa shape index (κ3) is 1.89. The van der Waals surface area contributed by atoms with Gasteiger partial charge in [0.05, 0.1) is 19.0 Å². The van der Waals surface area contributed by atoms with Gasteiger partial charge >= 0.3 is 0 Å². The van der Waals surface area contributed by atoms with E-state index in [0.717, 1.165) is 0 Å². The van der Waals surface area contributed by atoms with Crippen LogP contribution in [0.3, 0.4) is 0 Å². The van der Waals surface area contributed by atoms with E-state index in [0.29, 0.717) is 17.8 Å². The molecule has 1 radical (unpaired) electrons. The largest absolute Gasteiger partial charge is 0.327 e. The Morgan fingerprint density at radius 2 is 2.31 bits per heavy atom. The molecule has 0 aliphatic rings. The normalized spacial score (nSPS) is 8.38. The average molecular weight is 168 g/mol. The molecular formula is C10H6N3. The lowest BCUT2D eigenvalue weighted by atomic mass is 10.2. The molecule has 0 atom stereocenters. The summed E-state index contributed by atoms with van der Waals surface area (Å²) in [6.07, 6.45) is 8.16. The molecule has 1 rings (SSSR count). The van der Waals surface area contributed by atoms with E-state index < -0.39 is 0 Å². The Labute approximate surface area is 76.8 Å². The van der Waals surface area contributed by atoms with Gasteiger partial charge in [-0.05, 0) is 11.6 Å². The van der Waals surface area contributed by atoms with Gasteiger partial charge in [-0.15, -0.1) is 6.42 Å². The second-order valence-corrected chi connectivity index (χ2v) is 2.38. The Hall–Kier alpha value is -2.18. The van der Waals surface area contributed by atoms with E-state index in [1.165, 1.54) is 6.42 Å². The van der Waals surface area contributed by atoms with Gasteiger partial charge in [0.1, 0.15) is 11.8 Å². The molecule has 1 heterocycles. The highest BCUT2D eigenvalue weighted by atomic mass is 15.0. The maximum atomic E-state index is 8.69. The van der Waals surface area contributed by atoms with Gasteiger partial charge in [-0.3, -0.25) is 0 Å². The third-order valence-electron chi connectivity index (χ3n) is 1.53. The number of hydrogen-bond acceptors (Lipinski definition) is 2. The molecule has 0 amide bonds. The zero-order chi connectivity index (χ0) is 9.68. The minimum Gasteiger partial charge on any atom is -0.327 e. The molecule has 0 spiro atoms. The van der Waals surface area contributed by atoms with Crippen molar-refractivity contribution in [2.45, 2.75) is 6.54 Å². The molecule has 0 saturated carbocycles. The van der Waals surface area contributed by atoms with E-state index in [1.807, 2.05) is 12.1 Å². The molecule has 0 aromatic carbocycles. The van der Waals surface area contributed by atoms with Crippen LogP contribution in [0.2, 0.25) is 0 Å². The minimum absolute atomic E-state index is 0.349. The molecule has 0 unspecified atom stereocenters. The maximum absolute atomic E-state index is 8.69. The zero-order valence-corrected chi connectivity index (χ0v) is 6.86. The highest BCUT2D eigenvalue weighted by Crippen LogP contribution is 2.09. The summed E-state index contributed by atoms with van der Waals surface area (Å²) < 4.78 is 1.63.